The number of piperazine rings is 1. The van der Waals surface area contributed by atoms with E-state index >= 15 is 0 Å². The van der Waals surface area contributed by atoms with Crippen molar-refractivity contribution < 1.29 is 9.15 Å². The third-order valence-electron chi connectivity index (χ3n) is 4.97. The fraction of sp³-hybridized carbons (Fsp3) is 0.526. The van der Waals surface area contributed by atoms with Crippen molar-refractivity contribution in [3.63, 3.8) is 0 Å². The van der Waals surface area contributed by atoms with Crippen LogP contribution in [0.15, 0.2) is 34.9 Å². The number of pyridine rings is 1. The number of ether oxygens (including phenoxy) is 1. The summed E-state index contributed by atoms with van der Waals surface area (Å²) in [7, 11) is 0. The molecule has 1 atom stereocenters. The van der Waals surface area contributed by atoms with Crippen molar-refractivity contribution in [2.75, 3.05) is 37.7 Å². The molecule has 2 aliphatic heterocycles. The molecule has 0 amide bonds. The molecule has 134 valence electrons. The number of aromatic nitrogens is 1. The van der Waals surface area contributed by atoms with Crippen LogP contribution in [0.2, 0.25) is 5.02 Å². The lowest BCUT2D eigenvalue weighted by Crippen LogP contribution is -2.46. The Kier molecular flexibility index (Phi) is 5.25. The molecule has 0 aromatic carbocycles. The molecule has 0 aliphatic carbocycles. The van der Waals surface area contributed by atoms with E-state index in [-0.39, 0.29) is 6.10 Å². The van der Waals surface area contributed by atoms with Gasteiger partial charge in [0.2, 0.25) is 0 Å². The minimum Gasteiger partial charge on any atom is -0.462 e. The van der Waals surface area contributed by atoms with Gasteiger partial charge < -0.3 is 14.1 Å². The van der Waals surface area contributed by atoms with Gasteiger partial charge in [0.15, 0.2) is 0 Å². The van der Waals surface area contributed by atoms with E-state index in [0.29, 0.717) is 5.02 Å². The monoisotopic (exact) mass is 361 g/mol. The molecule has 0 bridgehead atoms. The summed E-state index contributed by atoms with van der Waals surface area (Å²) < 4.78 is 11.9. The Balaban J connectivity index is 1.30. The van der Waals surface area contributed by atoms with Crippen molar-refractivity contribution in [1.29, 1.82) is 0 Å². The summed E-state index contributed by atoms with van der Waals surface area (Å²) in [4.78, 5) is 9.14. The molecule has 2 aromatic rings. The zero-order valence-corrected chi connectivity index (χ0v) is 15.1. The Bertz CT molecular complexity index is 674. The summed E-state index contributed by atoms with van der Waals surface area (Å²) in [6.07, 6.45) is 5.31. The van der Waals surface area contributed by atoms with E-state index in [9.17, 15) is 0 Å². The maximum absolute atomic E-state index is 6.04. The van der Waals surface area contributed by atoms with Crippen LogP contribution in [0.5, 0.6) is 0 Å². The minimum absolute atomic E-state index is 0.148. The van der Waals surface area contributed by atoms with Crippen LogP contribution in [-0.4, -0.2) is 42.7 Å². The first-order valence-electron chi connectivity index (χ1n) is 9.07. The summed E-state index contributed by atoms with van der Waals surface area (Å²) in [5.41, 5.74) is 0. The molecule has 6 heteroatoms. The van der Waals surface area contributed by atoms with Crippen LogP contribution >= 0.6 is 11.6 Å². The SMILES string of the molecule is Clc1ccc(N2CCN(Cc3ccc([C@H]4CCCCO4)o3)CC2)nc1. The van der Waals surface area contributed by atoms with Gasteiger partial charge in [-0.15, -0.1) is 0 Å². The standard InChI is InChI=1S/C19H24ClN3O2/c20-15-4-7-19(21-13-15)23-10-8-22(9-11-23)14-16-5-6-18(25-16)17-3-1-2-12-24-17/h4-7,13,17H,1-3,8-12,14H2/t17-/m1/s1. The summed E-state index contributed by atoms with van der Waals surface area (Å²) in [5, 5.41) is 0.679. The van der Waals surface area contributed by atoms with Gasteiger partial charge in [-0.1, -0.05) is 11.6 Å². The van der Waals surface area contributed by atoms with Crippen molar-refractivity contribution in [3.05, 3.63) is 47.0 Å². The summed E-state index contributed by atoms with van der Waals surface area (Å²) in [5.74, 6) is 3.01. The maximum Gasteiger partial charge on any atom is 0.133 e. The zero-order valence-electron chi connectivity index (χ0n) is 14.4. The molecule has 25 heavy (non-hydrogen) atoms. The second-order valence-electron chi connectivity index (χ2n) is 6.76. The molecule has 2 aliphatic rings. The third-order valence-corrected chi connectivity index (χ3v) is 5.19. The first-order valence-corrected chi connectivity index (χ1v) is 9.45. The molecule has 0 saturated carbocycles. The normalized spacial score (nSPS) is 22.3. The lowest BCUT2D eigenvalue weighted by molar-refractivity contribution is 0.000833. The first kappa shape index (κ1) is 16.9. The highest BCUT2D eigenvalue weighted by Gasteiger charge is 2.22. The topological polar surface area (TPSA) is 41.7 Å². The highest BCUT2D eigenvalue weighted by molar-refractivity contribution is 6.30. The van der Waals surface area contributed by atoms with Crippen LogP contribution in [0, 0.1) is 0 Å². The number of anilines is 1. The number of furan rings is 1. The number of rotatable bonds is 4. The number of nitrogens with zero attached hydrogens (tertiary/aromatic N) is 3. The number of hydrogen-bond acceptors (Lipinski definition) is 5. The van der Waals surface area contributed by atoms with Crippen molar-refractivity contribution >= 4 is 17.4 Å². The maximum atomic E-state index is 6.04. The van der Waals surface area contributed by atoms with E-state index < -0.39 is 0 Å². The van der Waals surface area contributed by atoms with Gasteiger partial charge in [-0.2, -0.15) is 0 Å². The third kappa shape index (κ3) is 4.17. The molecule has 2 aromatic heterocycles. The van der Waals surface area contributed by atoms with Crippen LogP contribution in [-0.2, 0) is 11.3 Å². The Labute approximate surface area is 153 Å². The first-order chi connectivity index (χ1) is 12.3. The predicted molar refractivity (Wildman–Crippen MR) is 98.0 cm³/mol. The summed E-state index contributed by atoms with van der Waals surface area (Å²) in [6, 6.07) is 8.06. The molecule has 4 rings (SSSR count). The lowest BCUT2D eigenvalue weighted by atomic mass is 10.1. The van der Waals surface area contributed by atoms with Gasteiger partial charge in [-0.25, -0.2) is 4.98 Å². The largest absolute Gasteiger partial charge is 0.462 e. The molecule has 5 nitrogen and oxygen atoms in total. The van der Waals surface area contributed by atoms with Gasteiger partial charge in [0.25, 0.3) is 0 Å². The molecule has 0 N–H and O–H groups in total. The molecule has 0 spiro atoms. The van der Waals surface area contributed by atoms with Crippen LogP contribution in [0.3, 0.4) is 0 Å². The van der Waals surface area contributed by atoms with Crippen LogP contribution in [0.4, 0.5) is 5.82 Å². The van der Waals surface area contributed by atoms with E-state index in [1.54, 1.807) is 6.20 Å². The van der Waals surface area contributed by atoms with E-state index in [4.69, 9.17) is 20.8 Å². The van der Waals surface area contributed by atoms with Crippen LogP contribution in [0.25, 0.3) is 0 Å². The Hall–Kier alpha value is -1.56. The van der Waals surface area contributed by atoms with Crippen molar-refractivity contribution in [2.24, 2.45) is 0 Å². The van der Waals surface area contributed by atoms with Crippen molar-refractivity contribution in [1.82, 2.24) is 9.88 Å². The van der Waals surface area contributed by atoms with Crippen molar-refractivity contribution in [2.45, 2.75) is 31.9 Å². The zero-order chi connectivity index (χ0) is 17.1. The molecule has 2 fully saturated rings. The van der Waals surface area contributed by atoms with E-state index in [1.807, 2.05) is 12.1 Å². The van der Waals surface area contributed by atoms with Gasteiger partial charge >= 0.3 is 0 Å². The number of hydrogen-bond donors (Lipinski definition) is 0. The lowest BCUT2D eigenvalue weighted by Gasteiger charge is -2.35. The van der Waals surface area contributed by atoms with Crippen LogP contribution in [0.1, 0.15) is 36.9 Å². The van der Waals surface area contributed by atoms with E-state index in [0.717, 1.165) is 69.5 Å². The average molecular weight is 362 g/mol. The average Bonchev–Trinajstić information content (AvgIpc) is 3.12. The molecule has 0 unspecified atom stereocenters. The molecule has 4 heterocycles. The van der Waals surface area contributed by atoms with Gasteiger partial charge in [-0.05, 0) is 43.5 Å². The van der Waals surface area contributed by atoms with Gasteiger partial charge in [0.1, 0.15) is 23.4 Å². The fourth-order valence-corrected chi connectivity index (χ4v) is 3.64. The minimum atomic E-state index is 0.148. The Morgan fingerprint density at radius 3 is 2.68 bits per heavy atom. The quantitative estimate of drug-likeness (QED) is 0.826. The Morgan fingerprint density at radius 2 is 1.96 bits per heavy atom. The summed E-state index contributed by atoms with van der Waals surface area (Å²) >= 11 is 5.91. The predicted octanol–water partition coefficient (Wildman–Crippen LogP) is 3.89. The van der Waals surface area contributed by atoms with Gasteiger partial charge in [0.05, 0.1) is 11.6 Å². The van der Waals surface area contributed by atoms with E-state index in [1.165, 1.54) is 6.42 Å². The van der Waals surface area contributed by atoms with Gasteiger partial charge in [-0.3, -0.25) is 4.90 Å². The smallest absolute Gasteiger partial charge is 0.133 e. The van der Waals surface area contributed by atoms with Crippen LogP contribution < -0.4 is 4.90 Å². The highest BCUT2D eigenvalue weighted by atomic mass is 35.5. The molecular weight excluding hydrogens is 338 g/mol. The summed E-state index contributed by atoms with van der Waals surface area (Å²) in [6.45, 7) is 5.64. The molecule has 0 radical (unpaired) electrons. The number of halogens is 1. The van der Waals surface area contributed by atoms with E-state index in [2.05, 4.69) is 26.9 Å². The fourth-order valence-electron chi connectivity index (χ4n) is 3.53. The van der Waals surface area contributed by atoms with Crippen molar-refractivity contribution in [3.8, 4) is 0 Å². The Morgan fingerprint density at radius 1 is 1.08 bits per heavy atom. The molecule has 2 saturated heterocycles. The highest BCUT2D eigenvalue weighted by Crippen LogP contribution is 2.29. The second-order valence-corrected chi connectivity index (χ2v) is 7.19. The van der Waals surface area contributed by atoms with Gasteiger partial charge in [0, 0.05) is 39.0 Å². The molecular formula is C19H24ClN3O2. The second kappa shape index (κ2) is 7.77.